The molecule has 2 rings (SSSR count). The number of hydrogen-bond acceptors (Lipinski definition) is 3. The number of ether oxygens (including phenoxy) is 1. The summed E-state index contributed by atoms with van der Waals surface area (Å²) < 4.78 is 5.36. The Balaban J connectivity index is 2.11. The molecule has 1 atom stereocenters. The smallest absolute Gasteiger partial charge is 0.240 e. The molecule has 1 fully saturated rings. The molecule has 0 aliphatic heterocycles. The molecule has 0 spiro atoms. The van der Waals surface area contributed by atoms with Gasteiger partial charge in [-0.3, -0.25) is 4.79 Å². The lowest BCUT2D eigenvalue weighted by atomic mass is 10.1. The van der Waals surface area contributed by atoms with Crippen LogP contribution >= 0.6 is 0 Å². The molecule has 0 bridgehead atoms. The second kappa shape index (κ2) is 6.75. The van der Waals surface area contributed by atoms with Gasteiger partial charge in [-0.1, -0.05) is 31.5 Å². The Morgan fingerprint density at radius 1 is 1.45 bits per heavy atom. The zero-order valence-electron chi connectivity index (χ0n) is 12.3. The normalized spacial score (nSPS) is 15.8. The highest BCUT2D eigenvalue weighted by atomic mass is 16.5. The van der Waals surface area contributed by atoms with E-state index in [1.165, 1.54) is 0 Å². The first kappa shape index (κ1) is 14.9. The minimum Gasteiger partial charge on any atom is -0.496 e. The van der Waals surface area contributed by atoms with Crippen molar-refractivity contribution in [2.24, 2.45) is 5.73 Å². The molecular weight excluding hydrogens is 252 g/mol. The van der Waals surface area contributed by atoms with Crippen molar-refractivity contribution >= 4 is 5.91 Å². The van der Waals surface area contributed by atoms with Crippen LogP contribution in [0.2, 0.25) is 0 Å². The summed E-state index contributed by atoms with van der Waals surface area (Å²) in [5.74, 6) is 0.898. The van der Waals surface area contributed by atoms with Crippen LogP contribution in [0.4, 0.5) is 0 Å². The Kier molecular flexibility index (Phi) is 5.01. The zero-order valence-corrected chi connectivity index (χ0v) is 12.3. The Morgan fingerprint density at radius 2 is 2.15 bits per heavy atom. The lowest BCUT2D eigenvalue weighted by molar-refractivity contribution is -0.134. The molecule has 1 aromatic rings. The number of para-hydroxylation sites is 1. The van der Waals surface area contributed by atoms with Gasteiger partial charge in [0, 0.05) is 18.2 Å². The Bertz CT molecular complexity index is 458. The summed E-state index contributed by atoms with van der Waals surface area (Å²) in [6, 6.07) is 7.82. The van der Waals surface area contributed by atoms with Crippen LogP contribution in [0.15, 0.2) is 24.3 Å². The topological polar surface area (TPSA) is 55.6 Å². The van der Waals surface area contributed by atoms with Crippen molar-refractivity contribution in [1.82, 2.24) is 4.90 Å². The number of methoxy groups -OCH3 is 1. The van der Waals surface area contributed by atoms with E-state index in [1.54, 1.807) is 7.11 Å². The second-order valence-electron chi connectivity index (χ2n) is 5.40. The highest BCUT2D eigenvalue weighted by Crippen LogP contribution is 2.31. The Morgan fingerprint density at radius 3 is 2.75 bits per heavy atom. The molecule has 1 amide bonds. The molecule has 4 heteroatoms. The average Bonchev–Trinajstić information content (AvgIpc) is 3.29. The van der Waals surface area contributed by atoms with Gasteiger partial charge in [-0.15, -0.1) is 0 Å². The number of carbonyl (C=O) groups is 1. The molecule has 1 aromatic carbocycles. The van der Waals surface area contributed by atoms with E-state index >= 15 is 0 Å². The molecule has 1 saturated carbocycles. The van der Waals surface area contributed by atoms with Crippen molar-refractivity contribution < 1.29 is 9.53 Å². The van der Waals surface area contributed by atoms with E-state index in [2.05, 4.69) is 6.92 Å². The van der Waals surface area contributed by atoms with Crippen LogP contribution in [0, 0.1) is 0 Å². The Labute approximate surface area is 120 Å². The number of amides is 1. The number of benzene rings is 1. The molecule has 20 heavy (non-hydrogen) atoms. The van der Waals surface area contributed by atoms with Gasteiger partial charge in [0.25, 0.3) is 0 Å². The van der Waals surface area contributed by atoms with Crippen molar-refractivity contribution in [2.45, 2.75) is 51.2 Å². The monoisotopic (exact) mass is 276 g/mol. The maximum Gasteiger partial charge on any atom is 0.240 e. The minimum absolute atomic E-state index is 0.0697. The van der Waals surface area contributed by atoms with E-state index < -0.39 is 0 Å². The average molecular weight is 276 g/mol. The first-order valence-electron chi connectivity index (χ1n) is 7.35. The van der Waals surface area contributed by atoms with Gasteiger partial charge >= 0.3 is 0 Å². The molecular formula is C16H24N2O2. The lowest BCUT2D eigenvalue weighted by Crippen LogP contribution is -2.44. The summed E-state index contributed by atoms with van der Waals surface area (Å²) >= 11 is 0. The van der Waals surface area contributed by atoms with Crippen LogP contribution < -0.4 is 10.5 Å². The molecule has 1 aliphatic rings. The van der Waals surface area contributed by atoms with E-state index in [0.717, 1.165) is 37.0 Å². The Hall–Kier alpha value is -1.55. The second-order valence-corrected chi connectivity index (χ2v) is 5.40. The fourth-order valence-corrected chi connectivity index (χ4v) is 2.44. The van der Waals surface area contributed by atoms with Gasteiger partial charge in [0.1, 0.15) is 5.75 Å². The van der Waals surface area contributed by atoms with Crippen LogP contribution in [-0.2, 0) is 11.3 Å². The summed E-state index contributed by atoms with van der Waals surface area (Å²) in [6.45, 7) is 2.64. The van der Waals surface area contributed by atoms with Gasteiger partial charge in [0.2, 0.25) is 5.91 Å². The van der Waals surface area contributed by atoms with Crippen molar-refractivity contribution in [3.63, 3.8) is 0 Å². The maximum atomic E-state index is 12.5. The summed E-state index contributed by atoms with van der Waals surface area (Å²) in [7, 11) is 1.66. The highest BCUT2D eigenvalue weighted by molar-refractivity contribution is 5.82. The predicted molar refractivity (Wildman–Crippen MR) is 79.4 cm³/mol. The quantitative estimate of drug-likeness (QED) is 0.831. The van der Waals surface area contributed by atoms with Crippen LogP contribution in [-0.4, -0.2) is 30.0 Å². The molecule has 1 aliphatic carbocycles. The predicted octanol–water partition coefficient (Wildman–Crippen LogP) is 2.31. The highest BCUT2D eigenvalue weighted by Gasteiger charge is 2.34. The van der Waals surface area contributed by atoms with Crippen LogP contribution in [0.1, 0.15) is 38.2 Å². The van der Waals surface area contributed by atoms with E-state index in [9.17, 15) is 4.79 Å². The van der Waals surface area contributed by atoms with Crippen LogP contribution in [0.5, 0.6) is 5.75 Å². The van der Waals surface area contributed by atoms with E-state index in [0.29, 0.717) is 12.6 Å². The van der Waals surface area contributed by atoms with E-state index in [1.807, 2.05) is 29.2 Å². The number of nitrogens with two attached hydrogens (primary N) is 1. The minimum atomic E-state index is -0.379. The van der Waals surface area contributed by atoms with E-state index in [-0.39, 0.29) is 11.9 Å². The third kappa shape index (κ3) is 3.51. The summed E-state index contributed by atoms with van der Waals surface area (Å²) in [5, 5.41) is 0. The van der Waals surface area contributed by atoms with Gasteiger partial charge < -0.3 is 15.4 Å². The molecule has 110 valence electrons. The van der Waals surface area contributed by atoms with Gasteiger partial charge in [-0.05, 0) is 25.3 Å². The maximum absolute atomic E-state index is 12.5. The third-order valence-electron chi connectivity index (χ3n) is 3.72. The fourth-order valence-electron chi connectivity index (χ4n) is 2.44. The van der Waals surface area contributed by atoms with Gasteiger partial charge in [-0.25, -0.2) is 0 Å². The standard InChI is InChI=1S/C16H24N2O2/c1-3-6-14(17)16(19)18(13-9-10-13)11-12-7-4-5-8-15(12)20-2/h4-5,7-8,13-14H,3,6,9-11,17H2,1-2H3. The lowest BCUT2D eigenvalue weighted by Gasteiger charge is -2.26. The zero-order chi connectivity index (χ0) is 14.5. The van der Waals surface area contributed by atoms with Gasteiger partial charge in [0.05, 0.1) is 13.2 Å². The molecule has 4 nitrogen and oxygen atoms in total. The largest absolute Gasteiger partial charge is 0.496 e. The van der Waals surface area contributed by atoms with Crippen molar-refractivity contribution in [3.05, 3.63) is 29.8 Å². The molecule has 0 saturated heterocycles. The first-order valence-corrected chi connectivity index (χ1v) is 7.35. The summed E-state index contributed by atoms with van der Waals surface area (Å²) in [4.78, 5) is 14.4. The molecule has 0 radical (unpaired) electrons. The third-order valence-corrected chi connectivity index (χ3v) is 3.72. The molecule has 2 N–H and O–H groups in total. The number of hydrogen-bond donors (Lipinski definition) is 1. The number of nitrogens with zero attached hydrogens (tertiary/aromatic N) is 1. The van der Waals surface area contributed by atoms with Crippen LogP contribution in [0.3, 0.4) is 0 Å². The fraction of sp³-hybridized carbons (Fsp3) is 0.562. The summed E-state index contributed by atoms with van der Waals surface area (Å²) in [6.07, 6.45) is 3.84. The molecule has 0 aromatic heterocycles. The number of carbonyl (C=O) groups excluding carboxylic acids is 1. The number of rotatable bonds is 7. The van der Waals surface area contributed by atoms with Crippen molar-refractivity contribution in [3.8, 4) is 5.75 Å². The van der Waals surface area contributed by atoms with E-state index in [4.69, 9.17) is 10.5 Å². The SMILES string of the molecule is CCCC(N)C(=O)N(Cc1ccccc1OC)C1CC1. The first-order chi connectivity index (χ1) is 9.67. The molecule has 0 heterocycles. The van der Waals surface area contributed by atoms with Crippen molar-refractivity contribution in [1.29, 1.82) is 0 Å². The van der Waals surface area contributed by atoms with Crippen molar-refractivity contribution in [2.75, 3.05) is 7.11 Å². The van der Waals surface area contributed by atoms with Gasteiger partial charge in [0.15, 0.2) is 0 Å². The van der Waals surface area contributed by atoms with Crippen LogP contribution in [0.25, 0.3) is 0 Å². The summed E-state index contributed by atoms with van der Waals surface area (Å²) in [5.41, 5.74) is 7.04. The van der Waals surface area contributed by atoms with Gasteiger partial charge in [-0.2, -0.15) is 0 Å². The molecule has 1 unspecified atom stereocenters.